The average molecular weight is 233 g/mol. The van der Waals surface area contributed by atoms with E-state index >= 15 is 0 Å². The molecule has 0 aliphatic heterocycles. The number of ether oxygens (including phenoxy) is 1. The fourth-order valence-electron chi connectivity index (χ4n) is 1.05. The molecule has 0 spiro atoms. The Kier molecular flexibility index (Phi) is 5.40. The highest BCUT2D eigenvalue weighted by Gasteiger charge is 2.30. The number of aliphatic hydroxyl groups is 1. The lowest BCUT2D eigenvalue weighted by Gasteiger charge is -2.22. The molecule has 0 aromatic rings. The Morgan fingerprint density at radius 2 is 1.81 bits per heavy atom. The summed E-state index contributed by atoms with van der Waals surface area (Å²) in [5, 5.41) is 17.7. The van der Waals surface area contributed by atoms with Crippen molar-refractivity contribution < 1.29 is 24.5 Å². The Morgan fingerprint density at radius 1 is 1.31 bits per heavy atom. The predicted octanol–water partition coefficient (Wildman–Crippen LogP) is 0.0862. The van der Waals surface area contributed by atoms with Crippen molar-refractivity contribution in [1.82, 2.24) is 0 Å². The zero-order valence-electron chi connectivity index (χ0n) is 9.77. The molecule has 0 bridgehead atoms. The molecule has 6 nitrogen and oxygen atoms in total. The lowest BCUT2D eigenvalue weighted by molar-refractivity contribution is -0.167. The second-order valence-corrected chi connectivity index (χ2v) is 4.57. The number of carbonyl (C=O) groups is 2. The summed E-state index contributed by atoms with van der Waals surface area (Å²) in [6.07, 6.45) is -1.12. The fraction of sp³-hybridized carbons (Fsp3) is 0.800. The Bertz CT molecular complexity index is 256. The summed E-state index contributed by atoms with van der Waals surface area (Å²) in [5.74, 6) is -3.35. The van der Waals surface area contributed by atoms with E-state index < -0.39 is 29.7 Å². The smallest absolute Gasteiger partial charge is 0.320 e. The first-order chi connectivity index (χ1) is 7.13. The van der Waals surface area contributed by atoms with Crippen LogP contribution in [0.4, 0.5) is 0 Å². The summed E-state index contributed by atoms with van der Waals surface area (Å²) in [4.78, 5) is 22.3. The Hall–Kier alpha value is -1.14. The molecule has 0 aromatic heterocycles. The van der Waals surface area contributed by atoms with E-state index in [9.17, 15) is 9.59 Å². The Balaban J connectivity index is 4.42. The molecule has 6 heteroatoms. The van der Waals surface area contributed by atoms with Gasteiger partial charge in [-0.25, -0.2) is 0 Å². The van der Waals surface area contributed by atoms with Crippen LogP contribution in [-0.2, 0) is 14.3 Å². The summed E-state index contributed by atoms with van der Waals surface area (Å²) in [6, 6.07) is 0. The SMILES string of the molecule is CC(C)(C)OC(=O)C(CCC(N)O)C(=O)O. The minimum Gasteiger partial charge on any atom is -0.481 e. The van der Waals surface area contributed by atoms with Crippen molar-refractivity contribution in [3.05, 3.63) is 0 Å². The zero-order valence-corrected chi connectivity index (χ0v) is 9.77. The number of carbonyl (C=O) groups excluding carboxylic acids is 1. The molecule has 0 radical (unpaired) electrons. The van der Waals surface area contributed by atoms with Crippen molar-refractivity contribution in [3.8, 4) is 0 Å². The summed E-state index contributed by atoms with van der Waals surface area (Å²) >= 11 is 0. The number of rotatable bonds is 5. The van der Waals surface area contributed by atoms with E-state index in [0.717, 1.165) is 0 Å². The molecule has 0 saturated carbocycles. The van der Waals surface area contributed by atoms with Gasteiger partial charge in [0, 0.05) is 0 Å². The maximum Gasteiger partial charge on any atom is 0.320 e. The highest BCUT2D eigenvalue weighted by atomic mass is 16.6. The zero-order chi connectivity index (χ0) is 12.9. The highest BCUT2D eigenvalue weighted by molar-refractivity contribution is 5.94. The molecule has 2 unspecified atom stereocenters. The van der Waals surface area contributed by atoms with Gasteiger partial charge in [0.05, 0.1) is 0 Å². The monoisotopic (exact) mass is 233 g/mol. The number of carboxylic acids is 1. The molecule has 0 fully saturated rings. The van der Waals surface area contributed by atoms with Gasteiger partial charge in [-0.3, -0.25) is 9.59 Å². The van der Waals surface area contributed by atoms with E-state index in [-0.39, 0.29) is 12.8 Å². The fourth-order valence-corrected chi connectivity index (χ4v) is 1.05. The van der Waals surface area contributed by atoms with Gasteiger partial charge < -0.3 is 20.7 Å². The molecule has 0 aliphatic rings. The summed E-state index contributed by atoms with van der Waals surface area (Å²) < 4.78 is 4.95. The second-order valence-electron chi connectivity index (χ2n) is 4.57. The van der Waals surface area contributed by atoms with Crippen molar-refractivity contribution in [2.75, 3.05) is 0 Å². The van der Waals surface area contributed by atoms with Crippen LogP contribution < -0.4 is 5.73 Å². The van der Waals surface area contributed by atoms with Crippen LogP contribution in [0.1, 0.15) is 33.6 Å². The van der Waals surface area contributed by atoms with Gasteiger partial charge in [0.25, 0.3) is 0 Å². The number of hydrogen-bond donors (Lipinski definition) is 3. The largest absolute Gasteiger partial charge is 0.481 e. The van der Waals surface area contributed by atoms with Crippen molar-refractivity contribution in [3.63, 3.8) is 0 Å². The highest BCUT2D eigenvalue weighted by Crippen LogP contribution is 2.15. The van der Waals surface area contributed by atoms with Gasteiger partial charge in [-0.05, 0) is 33.6 Å². The van der Waals surface area contributed by atoms with Crippen molar-refractivity contribution in [2.24, 2.45) is 11.7 Å². The second kappa shape index (κ2) is 5.81. The molecule has 0 rings (SSSR count). The number of aliphatic carboxylic acids is 1. The predicted molar refractivity (Wildman–Crippen MR) is 56.4 cm³/mol. The molecule has 2 atom stereocenters. The Labute approximate surface area is 94.4 Å². The first-order valence-corrected chi connectivity index (χ1v) is 5.03. The number of nitrogens with two attached hydrogens (primary N) is 1. The lowest BCUT2D eigenvalue weighted by Crippen LogP contribution is -2.34. The molecule has 94 valence electrons. The van der Waals surface area contributed by atoms with Crippen molar-refractivity contribution >= 4 is 11.9 Å². The molecule has 0 amide bonds. The van der Waals surface area contributed by atoms with Crippen LogP contribution >= 0.6 is 0 Å². The van der Waals surface area contributed by atoms with Gasteiger partial charge in [-0.15, -0.1) is 0 Å². The minimum absolute atomic E-state index is 0.0379. The molecule has 0 heterocycles. The normalized spacial score (nSPS) is 15.3. The molecular formula is C10H19NO5. The van der Waals surface area contributed by atoms with Gasteiger partial charge in [-0.1, -0.05) is 0 Å². The summed E-state index contributed by atoms with van der Waals surface area (Å²) in [6.45, 7) is 4.96. The van der Waals surface area contributed by atoms with Gasteiger partial charge in [0.1, 0.15) is 11.8 Å². The van der Waals surface area contributed by atoms with Gasteiger partial charge in [0.15, 0.2) is 5.92 Å². The van der Waals surface area contributed by atoms with Crippen LogP contribution in [0.3, 0.4) is 0 Å². The third-order valence-electron chi connectivity index (χ3n) is 1.74. The molecule has 16 heavy (non-hydrogen) atoms. The van der Waals surface area contributed by atoms with Crippen LogP contribution in [0.5, 0.6) is 0 Å². The molecule has 0 aliphatic carbocycles. The van der Waals surface area contributed by atoms with Gasteiger partial charge in [-0.2, -0.15) is 0 Å². The minimum atomic E-state index is -1.28. The van der Waals surface area contributed by atoms with Crippen LogP contribution in [0.2, 0.25) is 0 Å². The topological polar surface area (TPSA) is 110 Å². The van der Waals surface area contributed by atoms with Gasteiger partial charge in [0.2, 0.25) is 0 Å². The quantitative estimate of drug-likeness (QED) is 0.352. The van der Waals surface area contributed by atoms with Crippen LogP contribution in [0.15, 0.2) is 0 Å². The van der Waals surface area contributed by atoms with Crippen molar-refractivity contribution in [2.45, 2.75) is 45.4 Å². The van der Waals surface area contributed by atoms with E-state index in [1.807, 2.05) is 0 Å². The number of carboxylic acid groups (broad SMARTS) is 1. The molecule has 0 saturated heterocycles. The Morgan fingerprint density at radius 3 is 2.12 bits per heavy atom. The standard InChI is InChI=1S/C10H19NO5/c1-10(2,3)16-9(15)6(8(13)14)4-5-7(11)12/h6-7,12H,4-5,11H2,1-3H3,(H,13,14). The molecule has 0 aromatic carbocycles. The third kappa shape index (κ3) is 6.36. The van der Waals surface area contributed by atoms with E-state index in [0.29, 0.717) is 0 Å². The van der Waals surface area contributed by atoms with Crippen LogP contribution in [0, 0.1) is 5.92 Å². The van der Waals surface area contributed by atoms with E-state index in [2.05, 4.69) is 0 Å². The lowest BCUT2D eigenvalue weighted by atomic mass is 10.0. The molecular weight excluding hydrogens is 214 g/mol. The van der Waals surface area contributed by atoms with Gasteiger partial charge >= 0.3 is 11.9 Å². The third-order valence-corrected chi connectivity index (χ3v) is 1.74. The summed E-state index contributed by atoms with van der Waals surface area (Å²) in [7, 11) is 0. The van der Waals surface area contributed by atoms with E-state index in [1.54, 1.807) is 20.8 Å². The number of hydrogen-bond acceptors (Lipinski definition) is 5. The summed E-state index contributed by atoms with van der Waals surface area (Å²) in [5.41, 5.74) is 4.35. The van der Waals surface area contributed by atoms with Crippen LogP contribution in [0.25, 0.3) is 0 Å². The number of esters is 1. The number of aliphatic hydroxyl groups excluding tert-OH is 1. The maximum absolute atomic E-state index is 11.5. The first kappa shape index (κ1) is 14.9. The van der Waals surface area contributed by atoms with Crippen LogP contribution in [-0.4, -0.2) is 34.0 Å². The first-order valence-electron chi connectivity index (χ1n) is 5.03. The molecule has 4 N–H and O–H groups in total. The maximum atomic E-state index is 11.5. The van der Waals surface area contributed by atoms with E-state index in [4.69, 9.17) is 20.7 Å². The van der Waals surface area contributed by atoms with Crippen molar-refractivity contribution in [1.29, 1.82) is 0 Å². The van der Waals surface area contributed by atoms with E-state index in [1.165, 1.54) is 0 Å². The average Bonchev–Trinajstić information content (AvgIpc) is 1.98.